The third-order valence-corrected chi connectivity index (χ3v) is 4.29. The van der Waals surface area contributed by atoms with Crippen LogP contribution in [0.25, 0.3) is 0 Å². The minimum absolute atomic E-state index is 0.251. The molecule has 1 heterocycles. The van der Waals surface area contributed by atoms with E-state index < -0.39 is 0 Å². The molecule has 156 valence electrons. The Bertz CT molecular complexity index is 1080. The van der Waals surface area contributed by atoms with Crippen molar-refractivity contribution in [1.29, 1.82) is 5.26 Å². The fourth-order valence-corrected chi connectivity index (χ4v) is 2.66. The number of benzene rings is 2. The summed E-state index contributed by atoms with van der Waals surface area (Å²) in [5.41, 5.74) is 2.44. The highest BCUT2D eigenvalue weighted by Gasteiger charge is 2.11. The van der Waals surface area contributed by atoms with E-state index in [1.807, 2.05) is 18.2 Å². The van der Waals surface area contributed by atoms with Crippen molar-refractivity contribution in [3.05, 3.63) is 83.7 Å². The fourth-order valence-electron chi connectivity index (χ4n) is 2.66. The van der Waals surface area contributed by atoms with Gasteiger partial charge in [-0.3, -0.25) is 15.1 Å². The van der Waals surface area contributed by atoms with Gasteiger partial charge in [-0.15, -0.1) is 0 Å². The number of methoxy groups -OCH3 is 2. The molecule has 0 aliphatic rings. The summed E-state index contributed by atoms with van der Waals surface area (Å²) in [5, 5.41) is 14.8. The molecule has 1 aromatic heterocycles. The molecular weight excluding hydrogens is 394 g/mol. The number of guanidine groups is 1. The third kappa shape index (κ3) is 6.05. The number of hydrogen-bond acceptors (Lipinski definition) is 6. The Morgan fingerprint density at radius 1 is 1.03 bits per heavy atom. The van der Waals surface area contributed by atoms with E-state index >= 15 is 0 Å². The lowest BCUT2D eigenvalue weighted by Crippen LogP contribution is -2.36. The molecule has 0 saturated heterocycles. The van der Waals surface area contributed by atoms with E-state index in [9.17, 15) is 4.79 Å². The maximum absolute atomic E-state index is 12.7. The summed E-state index contributed by atoms with van der Waals surface area (Å²) in [6.45, 7) is 0.333. The van der Waals surface area contributed by atoms with Crippen molar-refractivity contribution in [2.24, 2.45) is 4.99 Å². The molecule has 31 heavy (non-hydrogen) atoms. The first-order valence-corrected chi connectivity index (χ1v) is 9.36. The Labute approximate surface area is 180 Å². The Hall–Kier alpha value is -4.38. The predicted molar refractivity (Wildman–Crippen MR) is 117 cm³/mol. The molecular formula is C23H21N5O3. The molecule has 0 spiro atoms. The van der Waals surface area contributed by atoms with Crippen LogP contribution in [-0.2, 0) is 6.54 Å². The lowest BCUT2D eigenvalue weighted by atomic mass is 10.1. The van der Waals surface area contributed by atoms with Crippen LogP contribution in [0.15, 0.2) is 72.0 Å². The molecule has 0 saturated carbocycles. The van der Waals surface area contributed by atoms with E-state index in [2.05, 4.69) is 20.6 Å². The molecule has 3 aromatic rings. The van der Waals surface area contributed by atoms with Gasteiger partial charge in [-0.2, -0.15) is 5.26 Å². The van der Waals surface area contributed by atoms with Crippen LogP contribution in [-0.4, -0.2) is 31.1 Å². The Morgan fingerprint density at radius 2 is 1.68 bits per heavy atom. The van der Waals surface area contributed by atoms with Crippen molar-refractivity contribution in [2.75, 3.05) is 19.5 Å². The van der Waals surface area contributed by atoms with Crippen molar-refractivity contribution >= 4 is 17.6 Å². The second-order valence-electron chi connectivity index (χ2n) is 6.39. The molecule has 8 nitrogen and oxygen atoms in total. The van der Waals surface area contributed by atoms with Gasteiger partial charge in [0.1, 0.15) is 11.5 Å². The van der Waals surface area contributed by atoms with Crippen LogP contribution < -0.4 is 20.1 Å². The van der Waals surface area contributed by atoms with Crippen molar-refractivity contribution in [3.63, 3.8) is 0 Å². The number of nitrogens with one attached hydrogen (secondary N) is 2. The van der Waals surface area contributed by atoms with E-state index in [-0.39, 0.29) is 11.9 Å². The van der Waals surface area contributed by atoms with Gasteiger partial charge in [0.25, 0.3) is 5.91 Å². The van der Waals surface area contributed by atoms with E-state index in [1.165, 1.54) is 0 Å². The molecule has 8 heteroatoms. The number of anilines is 1. The van der Waals surface area contributed by atoms with E-state index in [0.29, 0.717) is 34.9 Å². The number of amides is 1. The molecule has 2 N–H and O–H groups in total. The van der Waals surface area contributed by atoms with Gasteiger partial charge in [0.15, 0.2) is 0 Å². The van der Waals surface area contributed by atoms with Gasteiger partial charge >= 0.3 is 0 Å². The van der Waals surface area contributed by atoms with Crippen molar-refractivity contribution in [1.82, 2.24) is 10.3 Å². The van der Waals surface area contributed by atoms with Crippen molar-refractivity contribution in [3.8, 4) is 17.6 Å². The minimum Gasteiger partial charge on any atom is -0.497 e. The smallest absolute Gasteiger partial charge is 0.257 e. The number of nitriles is 1. The molecule has 0 bridgehead atoms. The van der Waals surface area contributed by atoms with Gasteiger partial charge < -0.3 is 14.8 Å². The van der Waals surface area contributed by atoms with E-state index in [0.717, 1.165) is 5.56 Å². The zero-order valence-corrected chi connectivity index (χ0v) is 17.1. The quantitative estimate of drug-likeness (QED) is 0.472. The Balaban J connectivity index is 1.85. The molecule has 1 amide bonds. The number of aromatic nitrogens is 1. The lowest BCUT2D eigenvalue weighted by molar-refractivity contribution is 0.0977. The number of aliphatic imine (C=N–C) groups is 1. The highest BCUT2D eigenvalue weighted by atomic mass is 16.5. The zero-order chi connectivity index (χ0) is 22.1. The van der Waals surface area contributed by atoms with Crippen LogP contribution in [0.1, 0.15) is 21.5 Å². The van der Waals surface area contributed by atoms with Crippen LogP contribution in [0.3, 0.4) is 0 Å². The molecule has 2 aromatic carbocycles. The number of hydrogen-bond donors (Lipinski definition) is 2. The lowest BCUT2D eigenvalue weighted by Gasteiger charge is -2.14. The minimum atomic E-state index is -0.361. The maximum Gasteiger partial charge on any atom is 0.257 e. The summed E-state index contributed by atoms with van der Waals surface area (Å²) in [4.78, 5) is 21.2. The second-order valence-corrected chi connectivity index (χ2v) is 6.39. The predicted octanol–water partition coefficient (Wildman–Crippen LogP) is 3.37. The third-order valence-electron chi connectivity index (χ3n) is 4.29. The Kier molecular flexibility index (Phi) is 7.16. The van der Waals surface area contributed by atoms with Crippen LogP contribution in [0.4, 0.5) is 5.69 Å². The van der Waals surface area contributed by atoms with Crippen molar-refractivity contribution in [2.45, 2.75) is 6.54 Å². The first-order chi connectivity index (χ1) is 15.1. The fraction of sp³-hybridized carbons (Fsp3) is 0.130. The summed E-state index contributed by atoms with van der Waals surface area (Å²) in [7, 11) is 3.12. The van der Waals surface area contributed by atoms with Gasteiger partial charge in [0, 0.05) is 41.8 Å². The standard InChI is InChI=1S/C23H21N5O3/c1-30-20-11-19(12-21(13-20)31-2)27-23(26-15-17-7-9-25-10-8-17)28-22(29)18-5-3-16(14-24)4-6-18/h3-13H,15H2,1-2H3,(H2,26,27,28,29). The molecule has 0 fully saturated rings. The van der Waals surface area contributed by atoms with Gasteiger partial charge in [-0.1, -0.05) is 0 Å². The molecule has 0 radical (unpaired) electrons. The first kappa shape index (κ1) is 21.3. The topological polar surface area (TPSA) is 109 Å². The summed E-state index contributed by atoms with van der Waals surface area (Å²) in [6, 6.07) is 17.3. The average molecular weight is 415 g/mol. The monoisotopic (exact) mass is 415 g/mol. The summed E-state index contributed by atoms with van der Waals surface area (Å²) in [5.74, 6) is 1.07. The average Bonchev–Trinajstić information content (AvgIpc) is 2.82. The largest absolute Gasteiger partial charge is 0.497 e. The van der Waals surface area contributed by atoms with E-state index in [1.54, 1.807) is 69.1 Å². The highest BCUT2D eigenvalue weighted by molar-refractivity contribution is 6.10. The van der Waals surface area contributed by atoms with Gasteiger partial charge in [0.05, 0.1) is 32.4 Å². The SMILES string of the molecule is COc1cc(NC(=NCc2ccncc2)NC(=O)c2ccc(C#N)cc2)cc(OC)c1. The maximum atomic E-state index is 12.7. The van der Waals surface area contributed by atoms with Crippen LogP contribution in [0.2, 0.25) is 0 Å². The van der Waals surface area contributed by atoms with Crippen LogP contribution >= 0.6 is 0 Å². The Morgan fingerprint density at radius 3 is 2.26 bits per heavy atom. The summed E-state index contributed by atoms with van der Waals surface area (Å²) < 4.78 is 10.6. The highest BCUT2D eigenvalue weighted by Crippen LogP contribution is 2.25. The zero-order valence-electron chi connectivity index (χ0n) is 17.1. The normalized spacial score (nSPS) is 10.7. The number of pyridine rings is 1. The van der Waals surface area contributed by atoms with Crippen molar-refractivity contribution < 1.29 is 14.3 Å². The van der Waals surface area contributed by atoms with E-state index in [4.69, 9.17) is 14.7 Å². The number of nitrogens with zero attached hydrogens (tertiary/aromatic N) is 3. The number of rotatable bonds is 6. The molecule has 0 aliphatic carbocycles. The molecule has 0 atom stereocenters. The van der Waals surface area contributed by atoms with Gasteiger partial charge in [-0.25, -0.2) is 4.99 Å². The number of ether oxygens (including phenoxy) is 2. The first-order valence-electron chi connectivity index (χ1n) is 9.36. The van der Waals surface area contributed by atoms with Gasteiger partial charge in [0.2, 0.25) is 5.96 Å². The van der Waals surface area contributed by atoms with Gasteiger partial charge in [-0.05, 0) is 42.0 Å². The molecule has 0 unspecified atom stereocenters. The molecule has 3 rings (SSSR count). The number of carbonyl (C=O) groups excluding carboxylic acids is 1. The second kappa shape index (κ2) is 10.4. The van der Waals surface area contributed by atoms with Crippen LogP contribution in [0, 0.1) is 11.3 Å². The summed E-state index contributed by atoms with van der Waals surface area (Å²) in [6.07, 6.45) is 3.36. The number of carbonyl (C=O) groups is 1. The summed E-state index contributed by atoms with van der Waals surface area (Å²) >= 11 is 0. The van der Waals surface area contributed by atoms with Crippen LogP contribution in [0.5, 0.6) is 11.5 Å². The molecule has 0 aliphatic heterocycles.